The maximum absolute atomic E-state index is 11.5. The number of ether oxygens (including phenoxy) is 3. The Bertz CT molecular complexity index is 721. The van der Waals surface area contributed by atoms with Gasteiger partial charge in [0.1, 0.15) is 12.7 Å². The zero-order chi connectivity index (χ0) is 36.9. The van der Waals surface area contributed by atoms with Gasteiger partial charge in [0.05, 0.1) is 6.61 Å². The minimum atomic E-state index is -0.254. The second-order valence-corrected chi connectivity index (χ2v) is 18.0. The SMILES string of the molecule is CC(=O)OC[C@@H](COCC[C@H](C)CCC[C@H](C)CCC[C@H](C)CCCC(C)C)OCC[C@H](C)CCC[C@H](C)CCC[C@H](C)CCCC(C)C. The molecule has 0 saturated heterocycles. The topological polar surface area (TPSA) is 44.8 Å². The van der Waals surface area contributed by atoms with Gasteiger partial charge in [-0.2, -0.15) is 0 Å². The molecule has 0 bridgehead atoms. The van der Waals surface area contributed by atoms with Gasteiger partial charge in [-0.15, -0.1) is 0 Å². The molecule has 0 saturated carbocycles. The van der Waals surface area contributed by atoms with Crippen LogP contribution in [0.4, 0.5) is 0 Å². The van der Waals surface area contributed by atoms with Crippen LogP contribution in [0.2, 0.25) is 0 Å². The van der Waals surface area contributed by atoms with Crippen molar-refractivity contribution in [1.29, 1.82) is 0 Å². The third-order valence-corrected chi connectivity index (χ3v) is 11.0. The molecule has 0 spiro atoms. The summed E-state index contributed by atoms with van der Waals surface area (Å²) in [4.78, 5) is 11.5. The van der Waals surface area contributed by atoms with Crippen LogP contribution >= 0.6 is 0 Å². The highest BCUT2D eigenvalue weighted by Gasteiger charge is 2.15. The number of esters is 1. The Labute approximate surface area is 308 Å². The summed E-state index contributed by atoms with van der Waals surface area (Å²) in [5, 5.41) is 0. The molecule has 7 atom stereocenters. The Morgan fingerprint density at radius 2 is 0.714 bits per heavy atom. The number of hydrogen-bond donors (Lipinski definition) is 0. The van der Waals surface area contributed by atoms with E-state index in [-0.39, 0.29) is 18.7 Å². The molecule has 0 aliphatic rings. The molecule has 0 N–H and O–H groups in total. The van der Waals surface area contributed by atoms with Gasteiger partial charge in [0, 0.05) is 20.1 Å². The van der Waals surface area contributed by atoms with Gasteiger partial charge in [-0.25, -0.2) is 0 Å². The Morgan fingerprint density at radius 3 is 1.04 bits per heavy atom. The number of rotatable bonds is 35. The lowest BCUT2D eigenvalue weighted by atomic mass is 9.91. The lowest BCUT2D eigenvalue weighted by Gasteiger charge is -2.20. The van der Waals surface area contributed by atoms with Crippen LogP contribution in [-0.2, 0) is 19.0 Å². The molecule has 0 heterocycles. The van der Waals surface area contributed by atoms with Crippen LogP contribution in [0.1, 0.15) is 205 Å². The number of hydrogen-bond acceptors (Lipinski definition) is 4. The predicted octanol–water partition coefficient (Wildman–Crippen LogP) is 13.9. The first kappa shape index (κ1) is 48.4. The average Bonchev–Trinajstić information content (AvgIpc) is 3.01. The zero-order valence-electron chi connectivity index (χ0n) is 35.3. The first-order chi connectivity index (χ1) is 23.3. The molecule has 0 rings (SSSR count). The largest absolute Gasteiger partial charge is 0.463 e. The fraction of sp³-hybridized carbons (Fsp3) is 0.978. The minimum Gasteiger partial charge on any atom is -0.463 e. The van der Waals surface area contributed by atoms with Crippen LogP contribution in [0.3, 0.4) is 0 Å². The molecule has 4 heteroatoms. The summed E-state index contributed by atoms with van der Waals surface area (Å²) in [7, 11) is 0. The van der Waals surface area contributed by atoms with Crippen molar-refractivity contribution >= 4 is 5.97 Å². The number of carbonyl (C=O) groups is 1. The molecular formula is C45H90O4. The molecule has 49 heavy (non-hydrogen) atoms. The van der Waals surface area contributed by atoms with E-state index in [4.69, 9.17) is 14.2 Å². The summed E-state index contributed by atoms with van der Waals surface area (Å²) in [6, 6.07) is 0. The third-order valence-electron chi connectivity index (χ3n) is 11.0. The molecule has 4 nitrogen and oxygen atoms in total. The van der Waals surface area contributed by atoms with E-state index in [2.05, 4.69) is 69.2 Å². The Balaban J connectivity index is 4.06. The number of carbonyl (C=O) groups excluding carboxylic acids is 1. The van der Waals surface area contributed by atoms with Crippen molar-refractivity contribution in [3.63, 3.8) is 0 Å². The van der Waals surface area contributed by atoms with Gasteiger partial charge < -0.3 is 14.2 Å². The van der Waals surface area contributed by atoms with Crippen LogP contribution < -0.4 is 0 Å². The lowest BCUT2D eigenvalue weighted by Crippen LogP contribution is -2.28. The van der Waals surface area contributed by atoms with Crippen LogP contribution in [0.25, 0.3) is 0 Å². The summed E-state index contributed by atoms with van der Waals surface area (Å²) in [6.07, 6.45) is 26.5. The van der Waals surface area contributed by atoms with Crippen molar-refractivity contribution in [3.8, 4) is 0 Å². The monoisotopic (exact) mass is 695 g/mol. The van der Waals surface area contributed by atoms with Crippen LogP contribution in [-0.4, -0.2) is 38.5 Å². The average molecular weight is 695 g/mol. The molecule has 0 fully saturated rings. The van der Waals surface area contributed by atoms with Crippen LogP contribution in [0, 0.1) is 47.3 Å². The van der Waals surface area contributed by atoms with E-state index in [9.17, 15) is 4.79 Å². The van der Waals surface area contributed by atoms with E-state index in [0.717, 1.165) is 55.0 Å². The van der Waals surface area contributed by atoms with E-state index in [1.54, 1.807) is 0 Å². The fourth-order valence-corrected chi connectivity index (χ4v) is 7.16. The second-order valence-electron chi connectivity index (χ2n) is 18.0. The molecular weight excluding hydrogens is 604 g/mol. The van der Waals surface area contributed by atoms with Gasteiger partial charge in [-0.1, -0.05) is 185 Å². The molecule has 294 valence electrons. The molecule has 0 unspecified atom stereocenters. The van der Waals surface area contributed by atoms with E-state index in [1.165, 1.54) is 122 Å². The van der Waals surface area contributed by atoms with Gasteiger partial charge >= 0.3 is 5.97 Å². The van der Waals surface area contributed by atoms with Crippen LogP contribution in [0.5, 0.6) is 0 Å². The van der Waals surface area contributed by atoms with Gasteiger partial charge in [0.15, 0.2) is 0 Å². The van der Waals surface area contributed by atoms with Crippen molar-refractivity contribution in [2.24, 2.45) is 47.3 Å². The normalized spacial score (nSPS) is 16.4. The molecule has 0 aromatic rings. The minimum absolute atomic E-state index is 0.182. The predicted molar refractivity (Wildman–Crippen MR) is 214 cm³/mol. The smallest absolute Gasteiger partial charge is 0.302 e. The molecule has 0 aliphatic carbocycles. The Kier molecular flexibility index (Phi) is 31.7. The standard InChI is InChI=1S/C45H90O4/c1-36(2)18-12-20-38(5)22-14-24-40(7)26-16-28-42(9)30-32-47-34-45(35-49-44(11)46)48-33-31-43(10)29-17-27-41(8)25-15-23-39(6)21-13-19-37(3)4/h36-43,45H,12-35H2,1-11H3/t38-,39-,40-,41-,42-,43-,45-/m1/s1. The maximum atomic E-state index is 11.5. The summed E-state index contributed by atoms with van der Waals surface area (Å²) in [5.41, 5.74) is 0. The zero-order valence-corrected chi connectivity index (χ0v) is 35.3. The summed E-state index contributed by atoms with van der Waals surface area (Å²) < 4.78 is 17.5. The van der Waals surface area contributed by atoms with Gasteiger partial charge in [0.2, 0.25) is 0 Å². The van der Waals surface area contributed by atoms with Crippen molar-refractivity contribution in [2.45, 2.75) is 211 Å². The molecule has 0 radical (unpaired) electrons. The van der Waals surface area contributed by atoms with Crippen molar-refractivity contribution in [1.82, 2.24) is 0 Å². The Hall–Kier alpha value is -0.610. The van der Waals surface area contributed by atoms with Crippen molar-refractivity contribution < 1.29 is 19.0 Å². The van der Waals surface area contributed by atoms with E-state index < -0.39 is 0 Å². The lowest BCUT2D eigenvalue weighted by molar-refractivity contribution is -0.147. The molecule has 0 aliphatic heterocycles. The van der Waals surface area contributed by atoms with Gasteiger partial charge in [0.25, 0.3) is 0 Å². The fourth-order valence-electron chi connectivity index (χ4n) is 7.16. The highest BCUT2D eigenvalue weighted by Crippen LogP contribution is 2.24. The van der Waals surface area contributed by atoms with Gasteiger partial charge in [-0.3, -0.25) is 4.79 Å². The van der Waals surface area contributed by atoms with Crippen molar-refractivity contribution in [3.05, 3.63) is 0 Å². The second kappa shape index (κ2) is 32.1. The molecule has 0 aromatic heterocycles. The van der Waals surface area contributed by atoms with E-state index >= 15 is 0 Å². The molecule has 0 aromatic carbocycles. The summed E-state index contributed by atoms with van der Waals surface area (Å²) in [5.74, 6) is 6.18. The highest BCUT2D eigenvalue weighted by atomic mass is 16.6. The first-order valence-corrected chi connectivity index (χ1v) is 21.6. The molecule has 0 amide bonds. The van der Waals surface area contributed by atoms with Crippen LogP contribution in [0.15, 0.2) is 0 Å². The quantitative estimate of drug-likeness (QED) is 0.0489. The van der Waals surface area contributed by atoms with Crippen molar-refractivity contribution in [2.75, 3.05) is 26.4 Å². The highest BCUT2D eigenvalue weighted by molar-refractivity contribution is 5.65. The third kappa shape index (κ3) is 34.3. The first-order valence-electron chi connectivity index (χ1n) is 21.6. The Morgan fingerprint density at radius 1 is 0.408 bits per heavy atom. The van der Waals surface area contributed by atoms with E-state index in [0.29, 0.717) is 25.0 Å². The maximum Gasteiger partial charge on any atom is 0.302 e. The summed E-state index contributed by atoms with van der Waals surface area (Å²) in [6.45, 7) is 27.5. The van der Waals surface area contributed by atoms with E-state index in [1.807, 2.05) is 0 Å². The van der Waals surface area contributed by atoms with Gasteiger partial charge in [-0.05, 0) is 60.2 Å². The summed E-state index contributed by atoms with van der Waals surface area (Å²) >= 11 is 0.